The van der Waals surface area contributed by atoms with Crippen LogP contribution >= 0.6 is 11.6 Å². The normalized spacial score (nSPS) is 14.2. The molecule has 41 heavy (non-hydrogen) atoms. The van der Waals surface area contributed by atoms with Crippen molar-refractivity contribution >= 4 is 28.5 Å². The van der Waals surface area contributed by atoms with Gasteiger partial charge in [-0.2, -0.15) is 13.2 Å². The zero-order chi connectivity index (χ0) is 29.1. The summed E-state index contributed by atoms with van der Waals surface area (Å²) in [7, 11) is 1.48. The van der Waals surface area contributed by atoms with Crippen LogP contribution in [0.15, 0.2) is 69.9 Å². The standard InChI is InChI=1S/C29H23ClF3NO7/c1-37-19-6-2-17(3-7-19)28(36)40-23-11-10-21-24(35)26(39-20-8-4-18(30)5-9-20)27(29(31,32)33)41-25(21)22(23)16-34-12-14-38-15-13-34/h2-11H,12-16H2,1H3/p+1. The van der Waals surface area contributed by atoms with Crippen molar-refractivity contribution in [3.05, 3.63) is 92.8 Å². The summed E-state index contributed by atoms with van der Waals surface area (Å²) in [5.41, 5.74) is -1.04. The maximum Gasteiger partial charge on any atom is 0.453 e. The van der Waals surface area contributed by atoms with E-state index in [4.69, 9.17) is 35.0 Å². The molecular weight excluding hydrogens is 567 g/mol. The molecule has 0 atom stereocenters. The summed E-state index contributed by atoms with van der Waals surface area (Å²) in [6.45, 7) is 2.10. The third kappa shape index (κ3) is 6.32. The number of halogens is 4. The number of rotatable bonds is 7. The highest BCUT2D eigenvalue weighted by Gasteiger charge is 2.41. The average molecular weight is 591 g/mol. The predicted octanol–water partition coefficient (Wildman–Crippen LogP) is 4.90. The summed E-state index contributed by atoms with van der Waals surface area (Å²) in [5.74, 6) is -2.90. The number of fused-ring (bicyclic) bond motifs is 1. The number of carbonyl (C=O) groups excluding carboxylic acids is 1. The molecule has 0 aliphatic carbocycles. The Morgan fingerprint density at radius 1 is 0.976 bits per heavy atom. The van der Waals surface area contributed by atoms with Gasteiger partial charge < -0.3 is 28.3 Å². The Balaban J connectivity index is 1.63. The van der Waals surface area contributed by atoms with E-state index >= 15 is 0 Å². The van der Waals surface area contributed by atoms with Crippen molar-refractivity contribution in [3.63, 3.8) is 0 Å². The number of esters is 1. The lowest BCUT2D eigenvalue weighted by molar-refractivity contribution is -0.921. The number of hydrogen-bond donors (Lipinski definition) is 1. The number of nitrogens with one attached hydrogen (secondary N) is 1. The molecule has 0 radical (unpaired) electrons. The zero-order valence-electron chi connectivity index (χ0n) is 21.7. The number of quaternary nitrogens is 1. The van der Waals surface area contributed by atoms with Crippen LogP contribution in [-0.4, -0.2) is 39.4 Å². The highest BCUT2D eigenvalue weighted by molar-refractivity contribution is 6.30. The van der Waals surface area contributed by atoms with Crippen LogP contribution in [0.1, 0.15) is 21.7 Å². The molecule has 0 spiro atoms. The molecule has 1 fully saturated rings. The van der Waals surface area contributed by atoms with Crippen LogP contribution in [-0.2, 0) is 17.5 Å². The maximum absolute atomic E-state index is 14.3. The third-order valence-electron chi connectivity index (χ3n) is 6.52. The molecule has 12 heteroatoms. The van der Waals surface area contributed by atoms with E-state index in [0.717, 1.165) is 4.90 Å². The van der Waals surface area contributed by atoms with Crippen molar-refractivity contribution in [1.82, 2.24) is 0 Å². The van der Waals surface area contributed by atoms with Gasteiger partial charge in [0.1, 0.15) is 36.9 Å². The molecular formula is C29H24ClF3NO7+. The second-order valence-electron chi connectivity index (χ2n) is 9.22. The highest BCUT2D eigenvalue weighted by Crippen LogP contribution is 2.40. The average Bonchev–Trinajstić information content (AvgIpc) is 2.96. The van der Waals surface area contributed by atoms with Crippen LogP contribution in [0.2, 0.25) is 5.02 Å². The smallest absolute Gasteiger partial charge is 0.453 e. The monoisotopic (exact) mass is 590 g/mol. The number of alkyl halides is 3. The number of hydrogen-bond acceptors (Lipinski definition) is 7. The van der Waals surface area contributed by atoms with Gasteiger partial charge in [-0.1, -0.05) is 11.6 Å². The van der Waals surface area contributed by atoms with Crippen molar-refractivity contribution in [3.8, 4) is 23.0 Å². The molecule has 3 aromatic carbocycles. The van der Waals surface area contributed by atoms with Gasteiger partial charge in [0.15, 0.2) is 5.58 Å². The minimum atomic E-state index is -5.08. The number of ether oxygens (including phenoxy) is 4. The largest absolute Gasteiger partial charge is 0.497 e. The molecule has 2 heterocycles. The summed E-state index contributed by atoms with van der Waals surface area (Å²) in [6.07, 6.45) is -5.08. The lowest BCUT2D eigenvalue weighted by Gasteiger charge is -2.25. The Morgan fingerprint density at radius 3 is 2.27 bits per heavy atom. The fourth-order valence-corrected chi connectivity index (χ4v) is 4.54. The summed E-state index contributed by atoms with van der Waals surface area (Å²) >= 11 is 5.86. The summed E-state index contributed by atoms with van der Waals surface area (Å²) in [6, 6.07) is 14.3. The fourth-order valence-electron chi connectivity index (χ4n) is 4.41. The van der Waals surface area contributed by atoms with Crippen LogP contribution in [0.3, 0.4) is 0 Å². The molecule has 1 saturated heterocycles. The number of benzene rings is 3. The van der Waals surface area contributed by atoms with Crippen LogP contribution < -0.4 is 24.5 Å². The van der Waals surface area contributed by atoms with Gasteiger partial charge in [-0.15, -0.1) is 0 Å². The van der Waals surface area contributed by atoms with Gasteiger partial charge in [0.25, 0.3) is 5.76 Å². The molecule has 1 aromatic heterocycles. The molecule has 0 bridgehead atoms. The van der Waals surface area contributed by atoms with E-state index in [0.29, 0.717) is 37.1 Å². The number of morpholine rings is 1. The quantitative estimate of drug-likeness (QED) is 0.242. The summed E-state index contributed by atoms with van der Waals surface area (Å²) in [5, 5.41) is 0.180. The van der Waals surface area contributed by atoms with E-state index in [-0.39, 0.29) is 40.1 Å². The Bertz CT molecular complexity index is 1610. The van der Waals surface area contributed by atoms with Crippen molar-refractivity contribution in [2.75, 3.05) is 33.4 Å². The molecule has 1 N–H and O–H groups in total. The van der Waals surface area contributed by atoms with Crippen LogP contribution in [0.4, 0.5) is 13.2 Å². The molecule has 8 nitrogen and oxygen atoms in total. The van der Waals surface area contributed by atoms with Crippen LogP contribution in [0.25, 0.3) is 11.0 Å². The third-order valence-corrected chi connectivity index (χ3v) is 6.78. The molecule has 1 aliphatic rings. The van der Waals surface area contributed by atoms with E-state index in [9.17, 15) is 22.8 Å². The molecule has 0 amide bonds. The molecule has 1 aliphatic heterocycles. The Labute approximate surface area is 236 Å². The van der Waals surface area contributed by atoms with Crippen molar-refractivity contribution < 1.29 is 46.2 Å². The van der Waals surface area contributed by atoms with Gasteiger partial charge in [0, 0.05) is 5.02 Å². The second-order valence-corrected chi connectivity index (χ2v) is 9.66. The first-order valence-electron chi connectivity index (χ1n) is 12.5. The van der Waals surface area contributed by atoms with Gasteiger partial charge in [-0.3, -0.25) is 4.79 Å². The molecule has 214 valence electrons. The van der Waals surface area contributed by atoms with Crippen LogP contribution in [0.5, 0.6) is 23.0 Å². The SMILES string of the molecule is COc1ccc(C(=O)Oc2ccc3c(=O)c(Oc4ccc(Cl)cc4)c(C(F)(F)F)oc3c2C[NH+]2CCOCC2)cc1. The molecule has 0 unspecified atom stereocenters. The van der Waals surface area contributed by atoms with Gasteiger partial charge in [0.05, 0.1) is 36.8 Å². The van der Waals surface area contributed by atoms with Gasteiger partial charge in [-0.05, 0) is 60.7 Å². The summed E-state index contributed by atoms with van der Waals surface area (Å²) < 4.78 is 69.7. The van der Waals surface area contributed by atoms with Crippen molar-refractivity contribution in [1.29, 1.82) is 0 Å². The molecule has 0 saturated carbocycles. The van der Waals surface area contributed by atoms with Crippen LogP contribution in [0, 0.1) is 0 Å². The Hall–Kier alpha value is -4.06. The van der Waals surface area contributed by atoms with Gasteiger partial charge in [0.2, 0.25) is 11.2 Å². The Morgan fingerprint density at radius 2 is 1.63 bits per heavy atom. The van der Waals surface area contributed by atoms with Gasteiger partial charge in [-0.25, -0.2) is 4.79 Å². The molecule has 5 rings (SSSR count). The lowest BCUT2D eigenvalue weighted by atomic mass is 10.1. The van der Waals surface area contributed by atoms with E-state index in [1.165, 1.54) is 55.6 Å². The van der Waals surface area contributed by atoms with Gasteiger partial charge >= 0.3 is 12.1 Å². The van der Waals surface area contributed by atoms with E-state index < -0.39 is 29.1 Å². The minimum absolute atomic E-state index is 0.0278. The first-order valence-corrected chi connectivity index (χ1v) is 12.9. The van der Waals surface area contributed by atoms with Crippen molar-refractivity contribution in [2.45, 2.75) is 12.7 Å². The highest BCUT2D eigenvalue weighted by atomic mass is 35.5. The first-order chi connectivity index (χ1) is 19.6. The minimum Gasteiger partial charge on any atom is -0.497 e. The second kappa shape index (κ2) is 11.8. The topological polar surface area (TPSA) is 88.6 Å². The lowest BCUT2D eigenvalue weighted by Crippen LogP contribution is -3.12. The Kier molecular flexibility index (Phi) is 8.20. The number of carbonyl (C=O) groups is 1. The fraction of sp³-hybridized carbons (Fsp3) is 0.241. The predicted molar refractivity (Wildman–Crippen MR) is 142 cm³/mol. The summed E-state index contributed by atoms with van der Waals surface area (Å²) in [4.78, 5) is 27.4. The molecule has 4 aromatic rings. The van der Waals surface area contributed by atoms with Crippen molar-refractivity contribution in [2.24, 2.45) is 0 Å². The number of methoxy groups -OCH3 is 1. The van der Waals surface area contributed by atoms with E-state index in [2.05, 4.69) is 0 Å². The van der Waals surface area contributed by atoms with E-state index in [1.807, 2.05) is 0 Å². The first kappa shape index (κ1) is 28.5. The maximum atomic E-state index is 14.3. The van der Waals surface area contributed by atoms with E-state index in [1.54, 1.807) is 12.1 Å². The zero-order valence-corrected chi connectivity index (χ0v) is 22.4.